The Morgan fingerprint density at radius 3 is 2.71 bits per heavy atom. The SMILES string of the molecule is CCCC(O)C1OCC2=C1C(O)C1OC1C2O. The van der Waals surface area contributed by atoms with Gasteiger partial charge >= 0.3 is 0 Å². The molecular weight excluding hydrogens is 224 g/mol. The van der Waals surface area contributed by atoms with E-state index in [0.29, 0.717) is 17.6 Å². The van der Waals surface area contributed by atoms with Crippen LogP contribution >= 0.6 is 0 Å². The standard InChI is InChI=1S/C12H18O5/c1-2-3-6(13)10-7-5(4-16-10)8(14)11-12(17-11)9(7)15/h6,8-15H,2-4H2,1H3. The fraction of sp³-hybridized carbons (Fsp3) is 0.833. The van der Waals surface area contributed by atoms with Crippen molar-refractivity contribution in [3.05, 3.63) is 11.1 Å². The minimum atomic E-state index is -0.739. The Bertz CT molecular complexity index is 353. The van der Waals surface area contributed by atoms with Crippen LogP contribution in [0.4, 0.5) is 0 Å². The van der Waals surface area contributed by atoms with Crippen molar-refractivity contribution < 1.29 is 24.8 Å². The lowest BCUT2D eigenvalue weighted by Crippen LogP contribution is -2.39. The molecule has 1 aliphatic carbocycles. The van der Waals surface area contributed by atoms with E-state index in [2.05, 4.69) is 0 Å². The third kappa shape index (κ3) is 1.65. The first-order valence-electron chi connectivity index (χ1n) is 6.19. The molecule has 0 bridgehead atoms. The summed E-state index contributed by atoms with van der Waals surface area (Å²) >= 11 is 0. The van der Waals surface area contributed by atoms with E-state index in [1.807, 2.05) is 6.92 Å². The number of aliphatic hydroxyl groups excluding tert-OH is 3. The lowest BCUT2D eigenvalue weighted by Gasteiger charge is -2.26. The van der Waals surface area contributed by atoms with Crippen molar-refractivity contribution in [1.82, 2.24) is 0 Å². The summed E-state index contributed by atoms with van der Waals surface area (Å²) < 4.78 is 10.8. The fourth-order valence-corrected chi connectivity index (χ4v) is 2.93. The highest BCUT2D eigenvalue weighted by atomic mass is 16.6. The smallest absolute Gasteiger partial charge is 0.117 e. The molecule has 0 aromatic carbocycles. The van der Waals surface area contributed by atoms with Gasteiger partial charge in [0.15, 0.2) is 0 Å². The lowest BCUT2D eigenvalue weighted by atomic mass is 9.84. The molecule has 0 amide bonds. The molecule has 3 rings (SSSR count). The van der Waals surface area contributed by atoms with E-state index >= 15 is 0 Å². The molecule has 0 aromatic heterocycles. The van der Waals surface area contributed by atoms with E-state index in [0.717, 1.165) is 6.42 Å². The van der Waals surface area contributed by atoms with Crippen molar-refractivity contribution in [2.75, 3.05) is 6.61 Å². The van der Waals surface area contributed by atoms with E-state index in [1.165, 1.54) is 0 Å². The first-order valence-corrected chi connectivity index (χ1v) is 6.19. The number of fused-ring (bicyclic) bond motifs is 1. The molecule has 2 heterocycles. The van der Waals surface area contributed by atoms with Crippen molar-refractivity contribution in [3.63, 3.8) is 0 Å². The highest BCUT2D eigenvalue weighted by Crippen LogP contribution is 2.45. The molecule has 0 saturated carbocycles. The second kappa shape index (κ2) is 4.03. The Morgan fingerprint density at radius 1 is 1.29 bits per heavy atom. The molecule has 1 saturated heterocycles. The van der Waals surface area contributed by atoms with E-state index < -0.39 is 24.4 Å². The zero-order chi connectivity index (χ0) is 12.2. The molecule has 3 aliphatic rings. The predicted octanol–water partition coefficient (Wildman–Crippen LogP) is -0.654. The average molecular weight is 242 g/mol. The normalized spacial score (nSPS) is 45.5. The minimum absolute atomic E-state index is 0.283. The van der Waals surface area contributed by atoms with Gasteiger partial charge < -0.3 is 24.8 Å². The number of aliphatic hydroxyl groups is 3. The molecular formula is C12H18O5. The maximum absolute atomic E-state index is 10.1. The monoisotopic (exact) mass is 242 g/mol. The maximum atomic E-state index is 10.1. The lowest BCUT2D eigenvalue weighted by molar-refractivity contribution is -0.00843. The van der Waals surface area contributed by atoms with Crippen LogP contribution in [0.2, 0.25) is 0 Å². The van der Waals surface area contributed by atoms with Crippen LogP contribution in [0.3, 0.4) is 0 Å². The molecule has 0 aromatic rings. The van der Waals surface area contributed by atoms with Gasteiger partial charge in [-0.3, -0.25) is 0 Å². The second-order valence-corrected chi connectivity index (χ2v) is 5.02. The van der Waals surface area contributed by atoms with Gasteiger partial charge in [0.1, 0.15) is 30.5 Å². The summed E-state index contributed by atoms with van der Waals surface area (Å²) in [6.45, 7) is 2.27. The molecule has 0 radical (unpaired) electrons. The Morgan fingerprint density at radius 2 is 2.00 bits per heavy atom. The average Bonchev–Trinajstić information content (AvgIpc) is 2.98. The summed E-state index contributed by atoms with van der Waals surface area (Å²) in [6, 6.07) is 0. The highest BCUT2D eigenvalue weighted by Gasteiger charge is 2.58. The molecule has 5 heteroatoms. The van der Waals surface area contributed by atoms with E-state index in [-0.39, 0.29) is 18.8 Å². The molecule has 2 aliphatic heterocycles. The summed E-state index contributed by atoms with van der Waals surface area (Å²) in [4.78, 5) is 0. The summed E-state index contributed by atoms with van der Waals surface area (Å²) in [5.74, 6) is 0. The Hall–Kier alpha value is -0.460. The number of epoxide rings is 1. The van der Waals surface area contributed by atoms with Gasteiger partial charge in [-0.1, -0.05) is 13.3 Å². The largest absolute Gasteiger partial charge is 0.390 e. The summed E-state index contributed by atoms with van der Waals surface area (Å²) in [7, 11) is 0. The third-order valence-electron chi connectivity index (χ3n) is 3.89. The number of hydrogen-bond acceptors (Lipinski definition) is 5. The van der Waals surface area contributed by atoms with Gasteiger partial charge in [-0.05, 0) is 17.6 Å². The van der Waals surface area contributed by atoms with Crippen LogP contribution in [0.25, 0.3) is 0 Å². The fourth-order valence-electron chi connectivity index (χ4n) is 2.93. The number of ether oxygens (including phenoxy) is 2. The van der Waals surface area contributed by atoms with Gasteiger partial charge in [0.2, 0.25) is 0 Å². The number of rotatable bonds is 3. The van der Waals surface area contributed by atoms with Crippen LogP contribution in [-0.2, 0) is 9.47 Å². The Balaban J connectivity index is 1.85. The van der Waals surface area contributed by atoms with Crippen LogP contribution in [0.5, 0.6) is 0 Å². The van der Waals surface area contributed by atoms with Gasteiger partial charge in [-0.25, -0.2) is 0 Å². The summed E-state index contributed by atoms with van der Waals surface area (Å²) in [6.07, 6.45) is -1.65. The van der Waals surface area contributed by atoms with Gasteiger partial charge in [-0.2, -0.15) is 0 Å². The molecule has 96 valence electrons. The molecule has 0 spiro atoms. The molecule has 3 N–H and O–H groups in total. The van der Waals surface area contributed by atoms with Crippen LogP contribution in [0.15, 0.2) is 11.1 Å². The highest BCUT2D eigenvalue weighted by molar-refractivity contribution is 5.39. The summed E-state index contributed by atoms with van der Waals surface area (Å²) in [5, 5.41) is 30.1. The van der Waals surface area contributed by atoms with Gasteiger partial charge in [0.25, 0.3) is 0 Å². The van der Waals surface area contributed by atoms with E-state index in [1.54, 1.807) is 0 Å². The van der Waals surface area contributed by atoms with Gasteiger partial charge in [-0.15, -0.1) is 0 Å². The van der Waals surface area contributed by atoms with Gasteiger partial charge in [0.05, 0.1) is 12.7 Å². The Kier molecular flexibility index (Phi) is 2.76. The third-order valence-corrected chi connectivity index (χ3v) is 3.89. The minimum Gasteiger partial charge on any atom is -0.390 e. The molecule has 6 unspecified atom stereocenters. The maximum Gasteiger partial charge on any atom is 0.117 e. The van der Waals surface area contributed by atoms with E-state index in [9.17, 15) is 15.3 Å². The van der Waals surface area contributed by atoms with Crippen molar-refractivity contribution in [2.24, 2.45) is 0 Å². The number of hydrogen-bond donors (Lipinski definition) is 3. The van der Waals surface area contributed by atoms with E-state index in [4.69, 9.17) is 9.47 Å². The zero-order valence-corrected chi connectivity index (χ0v) is 9.74. The quantitative estimate of drug-likeness (QED) is 0.452. The van der Waals surface area contributed by atoms with Crippen molar-refractivity contribution in [1.29, 1.82) is 0 Å². The summed E-state index contributed by atoms with van der Waals surface area (Å²) in [5.41, 5.74) is 1.36. The van der Waals surface area contributed by atoms with Crippen LogP contribution in [0, 0.1) is 0 Å². The van der Waals surface area contributed by atoms with Crippen LogP contribution in [-0.4, -0.2) is 58.6 Å². The molecule has 5 nitrogen and oxygen atoms in total. The molecule has 17 heavy (non-hydrogen) atoms. The Labute approximate surface area is 99.7 Å². The van der Waals surface area contributed by atoms with Crippen molar-refractivity contribution in [3.8, 4) is 0 Å². The second-order valence-electron chi connectivity index (χ2n) is 5.02. The first kappa shape index (κ1) is 11.6. The topological polar surface area (TPSA) is 82.5 Å². The van der Waals surface area contributed by atoms with Crippen LogP contribution in [0.1, 0.15) is 19.8 Å². The zero-order valence-electron chi connectivity index (χ0n) is 9.74. The van der Waals surface area contributed by atoms with Gasteiger partial charge in [0, 0.05) is 0 Å². The van der Waals surface area contributed by atoms with Crippen molar-refractivity contribution in [2.45, 2.75) is 56.4 Å². The predicted molar refractivity (Wildman–Crippen MR) is 58.4 cm³/mol. The van der Waals surface area contributed by atoms with Crippen LogP contribution < -0.4 is 0 Å². The molecule has 1 fully saturated rings. The van der Waals surface area contributed by atoms with Crippen molar-refractivity contribution >= 4 is 0 Å². The molecule has 6 atom stereocenters. The first-order chi connectivity index (χ1) is 8.15.